The van der Waals surface area contributed by atoms with Gasteiger partial charge < -0.3 is 10.0 Å². The Labute approximate surface area is 155 Å². The normalized spacial score (nSPS) is 29.7. The van der Waals surface area contributed by atoms with Crippen LogP contribution in [0.1, 0.15) is 50.2 Å². The number of nitrogens with zero attached hydrogens (tertiary/aromatic N) is 2. The Morgan fingerprint density at radius 2 is 1.88 bits per heavy atom. The molecule has 0 aromatic heterocycles. The molecule has 1 aromatic rings. The Morgan fingerprint density at radius 1 is 1.15 bits per heavy atom. The molecule has 1 aliphatic carbocycles. The van der Waals surface area contributed by atoms with Crippen LogP contribution >= 0.6 is 0 Å². The van der Waals surface area contributed by atoms with Crippen LogP contribution in [0.5, 0.6) is 0 Å². The predicted molar refractivity (Wildman–Crippen MR) is 98.7 cm³/mol. The van der Waals surface area contributed by atoms with E-state index in [0.29, 0.717) is 12.3 Å². The molecule has 0 bridgehead atoms. The van der Waals surface area contributed by atoms with E-state index in [0.717, 1.165) is 45.2 Å². The third-order valence-electron chi connectivity index (χ3n) is 6.69. The number of carboxylic acid groups (broad SMARTS) is 1. The van der Waals surface area contributed by atoms with E-state index >= 15 is 0 Å². The average molecular weight is 356 g/mol. The van der Waals surface area contributed by atoms with Crippen LogP contribution in [0.3, 0.4) is 0 Å². The maximum Gasteiger partial charge on any atom is 0.326 e. The van der Waals surface area contributed by atoms with Crippen molar-refractivity contribution in [2.24, 2.45) is 5.92 Å². The number of carboxylic acids is 1. The number of carbonyl (C=O) groups excluding carboxylic acids is 1. The molecule has 0 spiro atoms. The van der Waals surface area contributed by atoms with Gasteiger partial charge in [-0.25, -0.2) is 4.79 Å². The van der Waals surface area contributed by atoms with Gasteiger partial charge >= 0.3 is 5.97 Å². The van der Waals surface area contributed by atoms with Crippen LogP contribution < -0.4 is 0 Å². The summed E-state index contributed by atoms with van der Waals surface area (Å²) >= 11 is 0. The SMILES string of the molecule is CC(C(=O)N1C(C(=O)O)CC2CCCCC21)N1CCc2ccccc2C1. The summed E-state index contributed by atoms with van der Waals surface area (Å²) < 4.78 is 0. The quantitative estimate of drug-likeness (QED) is 0.905. The van der Waals surface area contributed by atoms with E-state index in [4.69, 9.17) is 0 Å². The van der Waals surface area contributed by atoms with Crippen LogP contribution in [0.4, 0.5) is 0 Å². The second-order valence-electron chi connectivity index (χ2n) is 8.11. The molecule has 2 fully saturated rings. The molecule has 26 heavy (non-hydrogen) atoms. The number of amides is 1. The van der Waals surface area contributed by atoms with Gasteiger partial charge in [0.1, 0.15) is 6.04 Å². The molecule has 1 N–H and O–H groups in total. The maximum atomic E-state index is 13.3. The van der Waals surface area contributed by atoms with Crippen molar-refractivity contribution < 1.29 is 14.7 Å². The minimum absolute atomic E-state index is 0.00572. The van der Waals surface area contributed by atoms with Crippen molar-refractivity contribution in [3.63, 3.8) is 0 Å². The number of hydrogen-bond acceptors (Lipinski definition) is 3. The smallest absolute Gasteiger partial charge is 0.326 e. The highest BCUT2D eigenvalue weighted by Crippen LogP contribution is 2.40. The number of likely N-dealkylation sites (tertiary alicyclic amines) is 1. The maximum absolute atomic E-state index is 13.3. The standard InChI is InChI=1S/C21H28N2O3/c1-14(22-11-10-15-6-2-3-8-17(15)13-22)20(24)23-18-9-5-4-7-16(18)12-19(23)21(25)26/h2-3,6,8,14,16,18-19H,4-5,7,9-13H2,1H3,(H,25,26). The van der Waals surface area contributed by atoms with Crippen molar-refractivity contribution in [3.8, 4) is 0 Å². The van der Waals surface area contributed by atoms with Crippen LogP contribution in [0.15, 0.2) is 24.3 Å². The molecular weight excluding hydrogens is 328 g/mol. The number of benzene rings is 1. The first-order valence-corrected chi connectivity index (χ1v) is 9.92. The van der Waals surface area contributed by atoms with E-state index in [1.165, 1.54) is 11.1 Å². The summed E-state index contributed by atoms with van der Waals surface area (Å²) in [4.78, 5) is 29.1. The van der Waals surface area contributed by atoms with Crippen molar-refractivity contribution in [2.45, 2.75) is 70.1 Å². The number of hydrogen-bond donors (Lipinski definition) is 1. The largest absolute Gasteiger partial charge is 0.480 e. The molecule has 5 heteroatoms. The third kappa shape index (κ3) is 3.02. The lowest BCUT2D eigenvalue weighted by Crippen LogP contribution is -2.54. The van der Waals surface area contributed by atoms with Gasteiger partial charge in [0.25, 0.3) is 0 Å². The Hall–Kier alpha value is -1.88. The van der Waals surface area contributed by atoms with Crippen molar-refractivity contribution in [3.05, 3.63) is 35.4 Å². The molecule has 2 heterocycles. The summed E-state index contributed by atoms with van der Waals surface area (Å²) in [5, 5.41) is 9.69. The highest BCUT2D eigenvalue weighted by molar-refractivity contribution is 5.88. The van der Waals surface area contributed by atoms with Crippen LogP contribution in [0, 0.1) is 5.92 Å². The van der Waals surface area contributed by atoms with Gasteiger partial charge in [-0.15, -0.1) is 0 Å². The lowest BCUT2D eigenvalue weighted by atomic mass is 9.84. The van der Waals surface area contributed by atoms with Crippen LogP contribution in [-0.2, 0) is 22.6 Å². The Morgan fingerprint density at radius 3 is 2.65 bits per heavy atom. The molecule has 5 nitrogen and oxygen atoms in total. The summed E-state index contributed by atoms with van der Waals surface area (Å²) in [5.74, 6) is -0.474. The molecular formula is C21H28N2O3. The first-order chi connectivity index (χ1) is 12.6. The zero-order chi connectivity index (χ0) is 18.3. The van der Waals surface area contributed by atoms with E-state index in [1.54, 1.807) is 4.90 Å². The summed E-state index contributed by atoms with van der Waals surface area (Å²) in [6.07, 6.45) is 5.85. The Kier molecular flexibility index (Phi) is 4.74. The summed E-state index contributed by atoms with van der Waals surface area (Å²) in [5.41, 5.74) is 2.64. The number of fused-ring (bicyclic) bond motifs is 2. The lowest BCUT2D eigenvalue weighted by molar-refractivity contribution is -0.152. The van der Waals surface area contributed by atoms with E-state index in [1.807, 2.05) is 13.0 Å². The molecule has 2 aliphatic heterocycles. The Bertz CT molecular complexity index is 704. The van der Waals surface area contributed by atoms with Crippen LogP contribution in [-0.4, -0.2) is 51.5 Å². The highest BCUT2D eigenvalue weighted by Gasteiger charge is 2.48. The molecule has 1 saturated heterocycles. The third-order valence-corrected chi connectivity index (χ3v) is 6.69. The highest BCUT2D eigenvalue weighted by atomic mass is 16.4. The molecule has 4 atom stereocenters. The fraction of sp³-hybridized carbons (Fsp3) is 0.619. The van der Waals surface area contributed by atoms with Gasteiger partial charge in [0.2, 0.25) is 5.91 Å². The molecule has 1 amide bonds. The van der Waals surface area contributed by atoms with Gasteiger partial charge in [0.05, 0.1) is 6.04 Å². The molecule has 140 valence electrons. The van der Waals surface area contributed by atoms with E-state index < -0.39 is 12.0 Å². The van der Waals surface area contributed by atoms with Gasteiger partial charge in [0.15, 0.2) is 0 Å². The van der Waals surface area contributed by atoms with E-state index in [2.05, 4.69) is 23.1 Å². The lowest BCUT2D eigenvalue weighted by Gasteiger charge is -2.39. The fourth-order valence-corrected chi connectivity index (χ4v) is 5.22. The van der Waals surface area contributed by atoms with Gasteiger partial charge in [-0.05, 0) is 49.7 Å². The van der Waals surface area contributed by atoms with Gasteiger partial charge in [0, 0.05) is 19.1 Å². The predicted octanol–water partition coefficient (Wildman–Crippen LogP) is 2.68. The van der Waals surface area contributed by atoms with Crippen molar-refractivity contribution in [1.29, 1.82) is 0 Å². The van der Waals surface area contributed by atoms with Crippen LogP contribution in [0.2, 0.25) is 0 Å². The first kappa shape index (κ1) is 17.5. The molecule has 1 saturated carbocycles. The molecule has 0 radical (unpaired) electrons. The molecule has 3 aliphatic rings. The van der Waals surface area contributed by atoms with Gasteiger partial charge in [-0.2, -0.15) is 0 Å². The first-order valence-electron chi connectivity index (χ1n) is 9.92. The summed E-state index contributed by atoms with van der Waals surface area (Å²) in [7, 11) is 0. The van der Waals surface area contributed by atoms with E-state index in [-0.39, 0.29) is 18.0 Å². The number of rotatable bonds is 3. The van der Waals surface area contributed by atoms with Crippen molar-refractivity contribution >= 4 is 11.9 Å². The number of carbonyl (C=O) groups is 2. The second kappa shape index (κ2) is 7.03. The van der Waals surface area contributed by atoms with E-state index in [9.17, 15) is 14.7 Å². The minimum atomic E-state index is -0.844. The molecule has 4 rings (SSSR count). The van der Waals surface area contributed by atoms with Crippen LogP contribution in [0.25, 0.3) is 0 Å². The zero-order valence-electron chi connectivity index (χ0n) is 15.4. The second-order valence-corrected chi connectivity index (χ2v) is 8.11. The van der Waals surface area contributed by atoms with Gasteiger partial charge in [-0.3, -0.25) is 9.69 Å². The molecule has 1 aromatic carbocycles. The Balaban J connectivity index is 1.53. The van der Waals surface area contributed by atoms with Gasteiger partial charge in [-0.1, -0.05) is 37.1 Å². The minimum Gasteiger partial charge on any atom is -0.480 e. The summed E-state index contributed by atoms with van der Waals surface area (Å²) in [6.45, 7) is 3.57. The zero-order valence-corrected chi connectivity index (χ0v) is 15.4. The molecule has 4 unspecified atom stereocenters. The fourth-order valence-electron chi connectivity index (χ4n) is 5.22. The topological polar surface area (TPSA) is 60.9 Å². The summed E-state index contributed by atoms with van der Waals surface area (Å²) in [6, 6.07) is 7.60. The monoisotopic (exact) mass is 356 g/mol. The average Bonchev–Trinajstić information content (AvgIpc) is 3.06. The van der Waals surface area contributed by atoms with Crippen molar-refractivity contribution in [2.75, 3.05) is 6.54 Å². The number of aliphatic carboxylic acids is 1. The van der Waals surface area contributed by atoms with Crippen molar-refractivity contribution in [1.82, 2.24) is 9.80 Å².